The summed E-state index contributed by atoms with van der Waals surface area (Å²) in [6.45, 7) is 6.11. The Bertz CT molecular complexity index is 966. The highest BCUT2D eigenvalue weighted by molar-refractivity contribution is 6.01. The highest BCUT2D eigenvalue weighted by Crippen LogP contribution is 2.36. The van der Waals surface area contributed by atoms with Crippen molar-refractivity contribution in [1.82, 2.24) is 20.4 Å². The van der Waals surface area contributed by atoms with Crippen LogP contribution in [0.3, 0.4) is 0 Å². The van der Waals surface area contributed by atoms with Crippen LogP contribution in [0.2, 0.25) is 0 Å². The lowest BCUT2D eigenvalue weighted by atomic mass is 9.88. The third kappa shape index (κ3) is 4.71. The fourth-order valence-electron chi connectivity index (χ4n) is 6.77. The summed E-state index contributed by atoms with van der Waals surface area (Å²) in [5.74, 6) is 0.119. The molecular weight excluding hydrogens is 456 g/mol. The topological polar surface area (TPSA) is 91.0 Å². The molecule has 1 aromatic rings. The maximum atomic E-state index is 13.9. The van der Waals surface area contributed by atoms with E-state index in [4.69, 9.17) is 4.74 Å². The minimum absolute atomic E-state index is 0.0423. The summed E-state index contributed by atoms with van der Waals surface area (Å²) in [4.78, 5) is 44.0. The second kappa shape index (κ2) is 10.6. The van der Waals surface area contributed by atoms with Gasteiger partial charge in [-0.05, 0) is 82.4 Å². The van der Waals surface area contributed by atoms with Gasteiger partial charge in [-0.1, -0.05) is 31.9 Å². The number of carbonyl (C=O) groups excluding carboxylic acids is 3. The van der Waals surface area contributed by atoms with Gasteiger partial charge < -0.3 is 25.2 Å². The number of amides is 2. The molecule has 3 saturated heterocycles. The van der Waals surface area contributed by atoms with Crippen molar-refractivity contribution in [2.45, 2.75) is 81.5 Å². The number of fused-ring (bicyclic) bond motifs is 1. The van der Waals surface area contributed by atoms with Gasteiger partial charge in [0, 0.05) is 12.1 Å². The SMILES string of the molecule is CCCN1CCC(c2ccc(C(=O)NC3(C(=O)N4C[C@H](NC)[C@H]5OCC(=O)[C@H]54)CCCC3)cc2)CC1. The summed E-state index contributed by atoms with van der Waals surface area (Å²) in [6.07, 6.45) is 6.12. The average molecular weight is 497 g/mol. The molecule has 0 unspecified atom stereocenters. The van der Waals surface area contributed by atoms with Gasteiger partial charge >= 0.3 is 0 Å². The van der Waals surface area contributed by atoms with E-state index >= 15 is 0 Å². The zero-order valence-corrected chi connectivity index (χ0v) is 21.6. The minimum atomic E-state index is -0.960. The van der Waals surface area contributed by atoms with Crippen LogP contribution in [0, 0.1) is 0 Å². The third-order valence-electron chi connectivity index (χ3n) is 8.81. The van der Waals surface area contributed by atoms with Crippen LogP contribution in [-0.4, -0.2) is 91.0 Å². The monoisotopic (exact) mass is 496 g/mol. The number of Topliss-reactive ketones (excluding diaryl/α,β-unsaturated/α-hetero) is 1. The third-order valence-corrected chi connectivity index (χ3v) is 8.81. The Kier molecular flexibility index (Phi) is 7.47. The van der Waals surface area contributed by atoms with Gasteiger partial charge in [-0.25, -0.2) is 0 Å². The van der Waals surface area contributed by atoms with Crippen LogP contribution in [0.15, 0.2) is 24.3 Å². The van der Waals surface area contributed by atoms with Crippen LogP contribution in [0.1, 0.15) is 73.7 Å². The van der Waals surface area contributed by atoms with E-state index in [1.165, 1.54) is 18.5 Å². The molecule has 3 heterocycles. The molecule has 0 radical (unpaired) electrons. The van der Waals surface area contributed by atoms with Gasteiger partial charge in [0.15, 0.2) is 5.78 Å². The number of likely N-dealkylation sites (N-methyl/N-ethyl adjacent to an activating group) is 1. The van der Waals surface area contributed by atoms with Crippen LogP contribution >= 0.6 is 0 Å². The largest absolute Gasteiger partial charge is 0.366 e. The molecule has 5 rings (SSSR count). The molecule has 1 aliphatic carbocycles. The Morgan fingerprint density at radius 2 is 1.81 bits per heavy atom. The van der Waals surface area contributed by atoms with E-state index in [1.807, 2.05) is 19.2 Å². The van der Waals surface area contributed by atoms with Gasteiger partial charge in [0.05, 0.1) is 6.04 Å². The van der Waals surface area contributed by atoms with Crippen molar-refractivity contribution >= 4 is 17.6 Å². The molecule has 3 aliphatic heterocycles. The van der Waals surface area contributed by atoms with Crippen molar-refractivity contribution in [3.8, 4) is 0 Å². The quantitative estimate of drug-likeness (QED) is 0.601. The number of nitrogens with one attached hydrogen (secondary N) is 2. The number of carbonyl (C=O) groups is 3. The molecule has 0 spiro atoms. The van der Waals surface area contributed by atoms with Gasteiger partial charge in [0.1, 0.15) is 24.3 Å². The highest BCUT2D eigenvalue weighted by atomic mass is 16.5. The molecule has 0 bridgehead atoms. The number of likely N-dealkylation sites (tertiary alicyclic amines) is 2. The van der Waals surface area contributed by atoms with Gasteiger partial charge in [-0.2, -0.15) is 0 Å². The molecule has 1 saturated carbocycles. The first-order valence-corrected chi connectivity index (χ1v) is 13.7. The van der Waals surface area contributed by atoms with Crippen molar-refractivity contribution in [3.05, 3.63) is 35.4 Å². The molecule has 8 heteroatoms. The zero-order valence-electron chi connectivity index (χ0n) is 21.6. The van der Waals surface area contributed by atoms with E-state index in [-0.39, 0.29) is 36.4 Å². The van der Waals surface area contributed by atoms with Crippen LogP contribution in [0.25, 0.3) is 0 Å². The molecule has 2 N–H and O–H groups in total. The highest BCUT2D eigenvalue weighted by Gasteiger charge is 2.56. The predicted octanol–water partition coefficient (Wildman–Crippen LogP) is 2.09. The van der Waals surface area contributed by atoms with Gasteiger partial charge in [-0.3, -0.25) is 14.4 Å². The number of benzene rings is 1. The first-order valence-electron chi connectivity index (χ1n) is 13.7. The Labute approximate surface area is 214 Å². The Hall–Kier alpha value is -2.29. The van der Waals surface area contributed by atoms with E-state index in [1.54, 1.807) is 4.90 Å². The van der Waals surface area contributed by atoms with Crippen LogP contribution in [0.4, 0.5) is 0 Å². The molecule has 0 aromatic heterocycles. The Morgan fingerprint density at radius 1 is 1.11 bits per heavy atom. The van der Waals surface area contributed by atoms with Gasteiger partial charge in [0.2, 0.25) is 5.91 Å². The lowest BCUT2D eigenvalue weighted by molar-refractivity contribution is -0.142. The maximum Gasteiger partial charge on any atom is 0.252 e. The predicted molar refractivity (Wildman–Crippen MR) is 137 cm³/mol. The molecule has 4 fully saturated rings. The van der Waals surface area contributed by atoms with Crippen molar-refractivity contribution in [1.29, 1.82) is 0 Å². The number of rotatable bonds is 7. The Balaban J connectivity index is 1.27. The first-order chi connectivity index (χ1) is 17.5. The summed E-state index contributed by atoms with van der Waals surface area (Å²) in [6, 6.07) is 7.30. The fourth-order valence-corrected chi connectivity index (χ4v) is 6.77. The summed E-state index contributed by atoms with van der Waals surface area (Å²) >= 11 is 0. The van der Waals surface area contributed by atoms with E-state index in [0.29, 0.717) is 30.9 Å². The van der Waals surface area contributed by atoms with Crippen molar-refractivity contribution < 1.29 is 19.1 Å². The van der Waals surface area contributed by atoms with Crippen molar-refractivity contribution in [2.75, 3.05) is 39.8 Å². The maximum absolute atomic E-state index is 13.9. The van der Waals surface area contributed by atoms with Crippen LogP contribution in [-0.2, 0) is 14.3 Å². The molecular formula is C28H40N4O4. The lowest BCUT2D eigenvalue weighted by Gasteiger charge is -2.35. The molecule has 196 valence electrons. The summed E-state index contributed by atoms with van der Waals surface area (Å²) in [5.41, 5.74) is 0.905. The van der Waals surface area contributed by atoms with Crippen molar-refractivity contribution in [2.24, 2.45) is 0 Å². The van der Waals surface area contributed by atoms with E-state index in [2.05, 4.69) is 34.6 Å². The normalized spacial score (nSPS) is 28.4. The number of piperidine rings is 1. The van der Waals surface area contributed by atoms with Gasteiger partial charge in [0.25, 0.3) is 5.91 Å². The van der Waals surface area contributed by atoms with Gasteiger partial charge in [-0.15, -0.1) is 0 Å². The first kappa shape index (κ1) is 25.4. The zero-order chi connectivity index (χ0) is 25.3. The molecule has 2 amide bonds. The smallest absolute Gasteiger partial charge is 0.252 e. The van der Waals surface area contributed by atoms with E-state index in [9.17, 15) is 14.4 Å². The molecule has 4 aliphatic rings. The standard InChI is InChI=1S/C28H40N4O4/c1-3-14-31-15-10-20(11-16-31)19-6-8-21(9-7-19)26(34)30-28(12-4-5-13-28)27(35)32-17-22(29-2)25-24(32)23(33)18-36-25/h6-9,20,22,24-25,29H,3-5,10-18H2,1-2H3,(H,30,34)/t22-,24+,25+/m0/s1. The molecule has 8 nitrogen and oxygen atoms in total. The van der Waals surface area contributed by atoms with Crippen molar-refractivity contribution in [3.63, 3.8) is 0 Å². The average Bonchev–Trinajstić information content (AvgIpc) is 3.62. The number of hydrogen-bond donors (Lipinski definition) is 2. The summed E-state index contributed by atoms with van der Waals surface area (Å²) < 4.78 is 5.70. The summed E-state index contributed by atoms with van der Waals surface area (Å²) in [7, 11) is 1.83. The van der Waals surface area contributed by atoms with Crippen LogP contribution < -0.4 is 10.6 Å². The number of ketones is 1. The number of hydrogen-bond acceptors (Lipinski definition) is 6. The number of nitrogens with zero attached hydrogens (tertiary/aromatic N) is 2. The minimum Gasteiger partial charge on any atom is -0.366 e. The molecule has 3 atom stereocenters. The van der Waals surface area contributed by atoms with E-state index < -0.39 is 11.6 Å². The number of ether oxygens (including phenoxy) is 1. The Morgan fingerprint density at radius 3 is 2.44 bits per heavy atom. The fraction of sp³-hybridized carbons (Fsp3) is 0.679. The second-order valence-corrected chi connectivity index (χ2v) is 11.0. The van der Waals surface area contributed by atoms with E-state index in [0.717, 1.165) is 38.8 Å². The molecule has 1 aromatic carbocycles. The lowest BCUT2D eigenvalue weighted by Crippen LogP contribution is -2.60. The second-order valence-electron chi connectivity index (χ2n) is 11.0. The summed E-state index contributed by atoms with van der Waals surface area (Å²) in [5, 5.41) is 6.31. The molecule has 36 heavy (non-hydrogen) atoms. The van der Waals surface area contributed by atoms with Crippen LogP contribution in [0.5, 0.6) is 0 Å².